The van der Waals surface area contributed by atoms with Gasteiger partial charge in [0.1, 0.15) is 0 Å². The topological polar surface area (TPSA) is 87.0 Å². The second-order valence-corrected chi connectivity index (χ2v) is 6.81. The van der Waals surface area contributed by atoms with Crippen LogP contribution in [0.15, 0.2) is 0 Å². The summed E-state index contributed by atoms with van der Waals surface area (Å²) in [5.74, 6) is 0. The molecule has 9 heteroatoms. The van der Waals surface area contributed by atoms with Crippen molar-refractivity contribution in [2.75, 3.05) is 7.11 Å². The molecular weight excluding hydrogens is 218 g/mol. The van der Waals surface area contributed by atoms with Gasteiger partial charge < -0.3 is 9.79 Å². The largest absolute Gasteiger partial charge is 0.694 e. The second kappa shape index (κ2) is 6.64. The Bertz CT molecular complexity index is 132. The van der Waals surface area contributed by atoms with Gasteiger partial charge in [0.05, 0.1) is 7.11 Å². The first kappa shape index (κ1) is 13.5. The van der Waals surface area contributed by atoms with Crippen molar-refractivity contribution in [1.82, 2.24) is 0 Å². The Hall–Kier alpha value is 0.940. The second-order valence-electron chi connectivity index (χ2n) is 0.934. The summed E-state index contributed by atoms with van der Waals surface area (Å²) in [5.41, 5.74) is -3.11. The van der Waals surface area contributed by atoms with E-state index in [4.69, 9.17) is 14.7 Å². The van der Waals surface area contributed by atoms with Gasteiger partial charge in [-0.3, -0.25) is 0 Å². The molecule has 0 aromatic rings. The van der Waals surface area contributed by atoms with Crippen LogP contribution in [0.2, 0.25) is 0 Å². The predicted octanol–water partition coefficient (Wildman–Crippen LogP) is 0.408. The summed E-state index contributed by atoms with van der Waals surface area (Å²) in [6.45, 7) is 0. The Labute approximate surface area is 69.3 Å². The van der Waals surface area contributed by atoms with Crippen molar-refractivity contribution >= 4 is 38.0 Å². The molecule has 0 aliphatic rings. The number of hydrogen-bond acceptors (Lipinski definition) is 3. The van der Waals surface area contributed by atoms with Gasteiger partial charge in [-0.25, -0.2) is 0 Å². The summed E-state index contributed by atoms with van der Waals surface area (Å²) in [6, 6.07) is 0. The third kappa shape index (κ3) is 65.2. The van der Waals surface area contributed by atoms with Crippen LogP contribution in [0.25, 0.3) is 0 Å². The molecule has 10 heavy (non-hydrogen) atoms. The zero-order valence-corrected chi connectivity index (χ0v) is 8.41. The van der Waals surface area contributed by atoms with E-state index in [0.717, 1.165) is 0 Å². The monoisotopic (exact) mass is 225 g/mol. The summed E-state index contributed by atoms with van der Waals surface area (Å²) in [4.78, 5) is 23.4. The highest BCUT2D eigenvalue weighted by Crippen LogP contribution is 2.39. The van der Waals surface area contributed by atoms with Crippen LogP contribution in [0.5, 0.6) is 0 Å². The Morgan fingerprint density at radius 1 is 1.70 bits per heavy atom. The normalized spacial score (nSPS) is 11.5. The van der Waals surface area contributed by atoms with E-state index < -0.39 is 13.9 Å². The van der Waals surface area contributed by atoms with Crippen molar-refractivity contribution in [1.29, 1.82) is 0 Å². The maximum absolute atomic E-state index is 9.29. The highest BCUT2D eigenvalue weighted by molar-refractivity contribution is 8.59. The molecule has 0 aromatic carbocycles. The number of hydrogen-bond donors (Lipinski definition) is 4. The Balaban J connectivity index is 0. The predicted molar refractivity (Wildman–Crippen MR) is 44.5 cm³/mol. The molecule has 0 aliphatic heterocycles. The molecule has 0 bridgehead atoms. The first-order valence-corrected chi connectivity index (χ1v) is 6.75. The maximum Gasteiger partial charge on any atom is 0.694 e. The van der Waals surface area contributed by atoms with Gasteiger partial charge >= 0.3 is 8.25 Å². The van der Waals surface area contributed by atoms with Crippen LogP contribution in [-0.4, -0.2) is 21.8 Å². The summed E-state index contributed by atoms with van der Waals surface area (Å²) in [7, 11) is -1.18. The fourth-order valence-corrected chi connectivity index (χ4v) is 0. The van der Waals surface area contributed by atoms with Gasteiger partial charge in [-0.1, -0.05) is 12.2 Å². The third-order valence-electron chi connectivity index (χ3n) is 0.156. The zero-order chi connectivity index (χ0) is 8.78. The fraction of sp³-hybridized carbons (Fsp3) is 1.00. The highest BCUT2D eigenvalue weighted by atomic mass is 32.9. The van der Waals surface area contributed by atoms with Crippen molar-refractivity contribution in [3.8, 4) is 0 Å². The van der Waals surface area contributed by atoms with Crippen molar-refractivity contribution in [2.24, 2.45) is 0 Å². The van der Waals surface area contributed by atoms with Crippen molar-refractivity contribution < 1.29 is 23.8 Å². The van der Waals surface area contributed by atoms with Gasteiger partial charge in [-0.15, -0.1) is 9.42 Å². The molecular formula is CH7O5P2S2+. The lowest BCUT2D eigenvalue weighted by Gasteiger charge is -1.88. The lowest BCUT2D eigenvalue weighted by Crippen LogP contribution is -1.57. The summed E-state index contributed by atoms with van der Waals surface area (Å²) in [6.07, 6.45) is 0. The number of thiol groups is 1. The minimum absolute atomic E-state index is 1.17. The molecule has 0 aromatic heterocycles. The van der Waals surface area contributed by atoms with E-state index in [9.17, 15) is 4.57 Å². The van der Waals surface area contributed by atoms with Crippen molar-refractivity contribution in [3.63, 3.8) is 0 Å². The van der Waals surface area contributed by atoms with Gasteiger partial charge in [-0.2, -0.15) is 0 Å². The first-order chi connectivity index (χ1) is 4.27. The van der Waals surface area contributed by atoms with E-state index in [-0.39, 0.29) is 0 Å². The molecule has 0 fully saturated rings. The van der Waals surface area contributed by atoms with E-state index in [1.165, 1.54) is 7.11 Å². The van der Waals surface area contributed by atoms with Gasteiger partial charge in [-0.05, 0) is 11.8 Å². The summed E-state index contributed by atoms with van der Waals surface area (Å²) < 4.78 is 13.1. The molecule has 0 spiro atoms. The molecule has 0 radical (unpaired) electrons. The van der Waals surface area contributed by atoms with E-state index in [0.29, 0.717) is 0 Å². The summed E-state index contributed by atoms with van der Waals surface area (Å²) in [5, 5.41) is 0. The molecule has 0 rings (SSSR count). The third-order valence-corrected chi connectivity index (χ3v) is 0.469. The van der Waals surface area contributed by atoms with Crippen LogP contribution >= 0.6 is 26.2 Å². The molecule has 0 aliphatic carbocycles. The van der Waals surface area contributed by atoms with Crippen LogP contribution in [0.4, 0.5) is 0 Å². The Kier molecular flexibility index (Phi) is 8.98. The van der Waals surface area contributed by atoms with Gasteiger partial charge in [0.15, 0.2) is 0 Å². The molecule has 0 heterocycles. The highest BCUT2D eigenvalue weighted by Gasteiger charge is 2.02. The molecule has 0 saturated heterocycles. The van der Waals surface area contributed by atoms with Crippen molar-refractivity contribution in [2.45, 2.75) is 0 Å². The average Bonchev–Trinajstić information content (AvgIpc) is 1.61. The van der Waals surface area contributed by atoms with Gasteiger partial charge in [0.2, 0.25) is 5.69 Å². The van der Waals surface area contributed by atoms with Crippen LogP contribution in [0, 0.1) is 0 Å². The van der Waals surface area contributed by atoms with Crippen LogP contribution in [0.3, 0.4) is 0 Å². The molecule has 1 atom stereocenters. The minimum atomic E-state index is -3.11. The van der Waals surface area contributed by atoms with Crippen LogP contribution < -0.4 is 0 Å². The zero-order valence-electron chi connectivity index (χ0n) is 4.91. The molecule has 3 N–H and O–H groups in total. The van der Waals surface area contributed by atoms with Gasteiger partial charge in [0.25, 0.3) is 0 Å². The van der Waals surface area contributed by atoms with Crippen LogP contribution in [-0.2, 0) is 20.9 Å². The van der Waals surface area contributed by atoms with Crippen LogP contribution in [0.1, 0.15) is 0 Å². The lowest BCUT2D eigenvalue weighted by molar-refractivity contribution is 0.343. The molecule has 0 amide bonds. The smallest absolute Gasteiger partial charge is 0.338 e. The molecule has 5 nitrogen and oxygen atoms in total. The molecule has 0 saturated carbocycles. The Morgan fingerprint density at radius 3 is 1.80 bits per heavy atom. The van der Waals surface area contributed by atoms with E-state index in [1.807, 2.05) is 0 Å². The van der Waals surface area contributed by atoms with Crippen molar-refractivity contribution in [3.05, 3.63) is 0 Å². The quantitative estimate of drug-likeness (QED) is 0.382. The minimum Gasteiger partial charge on any atom is -0.338 e. The maximum atomic E-state index is 9.29. The molecule has 62 valence electrons. The average molecular weight is 225 g/mol. The number of rotatable bonds is 1. The Morgan fingerprint density at radius 2 is 1.80 bits per heavy atom. The van der Waals surface area contributed by atoms with Gasteiger partial charge in [0, 0.05) is 4.57 Å². The van der Waals surface area contributed by atoms with E-state index >= 15 is 0 Å². The van der Waals surface area contributed by atoms with E-state index in [2.05, 4.69) is 28.6 Å². The standard InChI is InChI=1S/CH3O3P.H3O2PS2/c1-4-5(2)3;1-3(2,4)5/h1H3;(H3,1,2,4,5)/p+1. The SMILES string of the molecule is CO[P+](=O)O.OP(O)(=S)S. The summed E-state index contributed by atoms with van der Waals surface area (Å²) >= 11 is 7.07. The van der Waals surface area contributed by atoms with E-state index in [1.54, 1.807) is 0 Å². The lowest BCUT2D eigenvalue weighted by atomic mass is 11.8. The fourth-order valence-electron chi connectivity index (χ4n) is 0. The molecule has 1 unspecified atom stereocenters. The first-order valence-electron chi connectivity index (χ1n) is 1.76.